The van der Waals surface area contributed by atoms with E-state index in [1.54, 1.807) is 37.4 Å². The Hall–Kier alpha value is -2.86. The van der Waals surface area contributed by atoms with Crippen molar-refractivity contribution in [2.45, 2.75) is 6.92 Å². The minimum Gasteiger partial charge on any atom is -0.497 e. The van der Waals surface area contributed by atoms with Crippen LogP contribution in [-0.4, -0.2) is 19.2 Å². The highest BCUT2D eigenvalue weighted by Crippen LogP contribution is 2.26. The number of carbonyl (C=O) groups excluding carboxylic acids is 1. The molecule has 1 N–H and O–H groups in total. The predicted molar refractivity (Wildman–Crippen MR) is 105 cm³/mol. The average Bonchev–Trinajstić information content (AvgIpc) is 3.13. The quantitative estimate of drug-likeness (QED) is 0.483. The molecule has 1 heterocycles. The number of hydrazone groups is 1. The second kappa shape index (κ2) is 8.01. The Morgan fingerprint density at radius 3 is 2.81 bits per heavy atom. The number of benzene rings is 2. The van der Waals surface area contributed by atoms with E-state index in [9.17, 15) is 4.79 Å². The van der Waals surface area contributed by atoms with Crippen molar-refractivity contribution in [2.75, 3.05) is 7.11 Å². The Balaban J connectivity index is 1.66. The zero-order chi connectivity index (χ0) is 18.5. The SMILES string of the molecule is COc1cccc(C(=O)N/N=C\c2ccc(-c3ccc(C)c(Br)c3)o2)c1. The van der Waals surface area contributed by atoms with Gasteiger partial charge >= 0.3 is 0 Å². The van der Waals surface area contributed by atoms with Crippen LogP contribution in [-0.2, 0) is 0 Å². The van der Waals surface area contributed by atoms with Crippen molar-refractivity contribution in [3.63, 3.8) is 0 Å². The standard InChI is InChI=1S/C20H17BrN2O3/c1-13-6-7-14(11-18(13)21)19-9-8-17(26-19)12-22-23-20(24)15-4-3-5-16(10-15)25-2/h3-12H,1-2H3,(H,23,24)/b22-12-. The van der Waals surface area contributed by atoms with Gasteiger partial charge in [0.1, 0.15) is 17.3 Å². The first-order valence-corrected chi connectivity index (χ1v) is 8.70. The molecule has 5 nitrogen and oxygen atoms in total. The summed E-state index contributed by atoms with van der Waals surface area (Å²) in [6, 6.07) is 16.5. The molecule has 0 fully saturated rings. The van der Waals surface area contributed by atoms with Gasteiger partial charge in [0, 0.05) is 15.6 Å². The highest BCUT2D eigenvalue weighted by atomic mass is 79.9. The largest absolute Gasteiger partial charge is 0.497 e. The van der Waals surface area contributed by atoms with Gasteiger partial charge in [0.2, 0.25) is 0 Å². The lowest BCUT2D eigenvalue weighted by molar-refractivity contribution is 0.0955. The summed E-state index contributed by atoms with van der Waals surface area (Å²) in [5.41, 5.74) is 5.05. The Morgan fingerprint density at radius 1 is 1.19 bits per heavy atom. The molecule has 1 aromatic heterocycles. The molecule has 0 aliphatic rings. The fraction of sp³-hybridized carbons (Fsp3) is 0.100. The number of nitrogens with zero attached hydrogens (tertiary/aromatic N) is 1. The second-order valence-corrected chi connectivity index (χ2v) is 6.45. The molecule has 0 atom stereocenters. The third-order valence-corrected chi connectivity index (χ3v) is 4.63. The predicted octanol–water partition coefficient (Wildman–Crippen LogP) is 4.79. The third kappa shape index (κ3) is 4.21. The maximum absolute atomic E-state index is 12.1. The molecule has 26 heavy (non-hydrogen) atoms. The first-order chi connectivity index (χ1) is 12.6. The van der Waals surface area contributed by atoms with Crippen molar-refractivity contribution in [1.82, 2.24) is 5.43 Å². The first-order valence-electron chi connectivity index (χ1n) is 7.90. The number of methoxy groups -OCH3 is 1. The number of amides is 1. The summed E-state index contributed by atoms with van der Waals surface area (Å²) in [6.45, 7) is 2.03. The van der Waals surface area contributed by atoms with E-state index in [4.69, 9.17) is 9.15 Å². The normalized spacial score (nSPS) is 10.9. The van der Waals surface area contributed by atoms with Crippen LogP contribution in [0.4, 0.5) is 0 Å². The zero-order valence-electron chi connectivity index (χ0n) is 14.3. The van der Waals surface area contributed by atoms with Gasteiger partial charge in [-0.15, -0.1) is 0 Å². The van der Waals surface area contributed by atoms with Gasteiger partial charge in [-0.2, -0.15) is 5.10 Å². The molecule has 2 aromatic carbocycles. The highest BCUT2D eigenvalue weighted by Gasteiger charge is 2.07. The van der Waals surface area contributed by atoms with Crippen molar-refractivity contribution in [1.29, 1.82) is 0 Å². The number of nitrogens with one attached hydrogen (secondary N) is 1. The monoisotopic (exact) mass is 412 g/mol. The Labute approximate surface area is 159 Å². The van der Waals surface area contributed by atoms with E-state index in [-0.39, 0.29) is 5.91 Å². The van der Waals surface area contributed by atoms with Gasteiger partial charge in [-0.1, -0.05) is 34.1 Å². The molecule has 0 radical (unpaired) electrons. The minimum atomic E-state index is -0.325. The molecule has 6 heteroatoms. The number of hydrogen-bond donors (Lipinski definition) is 1. The van der Waals surface area contributed by atoms with Crippen molar-refractivity contribution < 1.29 is 13.9 Å². The molecule has 0 saturated carbocycles. The molecular weight excluding hydrogens is 396 g/mol. The van der Waals surface area contributed by atoms with E-state index < -0.39 is 0 Å². The highest BCUT2D eigenvalue weighted by molar-refractivity contribution is 9.10. The number of aryl methyl sites for hydroxylation is 1. The van der Waals surface area contributed by atoms with Crippen LogP contribution < -0.4 is 10.2 Å². The molecule has 0 saturated heterocycles. The van der Waals surface area contributed by atoms with Crippen molar-refractivity contribution >= 4 is 28.1 Å². The van der Waals surface area contributed by atoms with Crippen LogP contribution in [0.15, 0.2) is 68.6 Å². The van der Waals surface area contributed by atoms with Crippen molar-refractivity contribution in [2.24, 2.45) is 5.10 Å². The molecule has 0 unspecified atom stereocenters. The topological polar surface area (TPSA) is 63.8 Å². The lowest BCUT2D eigenvalue weighted by Gasteiger charge is -2.02. The van der Waals surface area contributed by atoms with Gasteiger partial charge in [0.15, 0.2) is 0 Å². The number of furan rings is 1. The lowest BCUT2D eigenvalue weighted by atomic mass is 10.1. The van der Waals surface area contributed by atoms with Gasteiger partial charge in [-0.05, 0) is 48.9 Å². The van der Waals surface area contributed by atoms with E-state index in [1.165, 1.54) is 6.21 Å². The fourth-order valence-electron chi connectivity index (χ4n) is 2.31. The first kappa shape index (κ1) is 17.9. The molecular formula is C20H17BrN2O3. The molecule has 0 aliphatic heterocycles. The van der Waals surface area contributed by atoms with Crippen molar-refractivity contribution in [3.05, 3.63) is 76.0 Å². The number of rotatable bonds is 5. The van der Waals surface area contributed by atoms with Crippen LogP contribution in [0, 0.1) is 6.92 Å². The zero-order valence-corrected chi connectivity index (χ0v) is 15.9. The summed E-state index contributed by atoms with van der Waals surface area (Å²) in [5, 5.41) is 3.94. The summed E-state index contributed by atoms with van der Waals surface area (Å²) in [4.78, 5) is 12.1. The van der Waals surface area contributed by atoms with Gasteiger partial charge in [0.25, 0.3) is 5.91 Å². The average molecular weight is 413 g/mol. The van der Waals surface area contributed by atoms with Crippen LogP contribution in [0.25, 0.3) is 11.3 Å². The summed E-state index contributed by atoms with van der Waals surface area (Å²) < 4.78 is 11.9. The number of ether oxygens (including phenoxy) is 1. The third-order valence-electron chi connectivity index (χ3n) is 3.77. The molecule has 0 spiro atoms. The molecule has 0 aliphatic carbocycles. The minimum absolute atomic E-state index is 0.325. The van der Waals surface area contributed by atoms with Crippen LogP contribution in [0.3, 0.4) is 0 Å². The van der Waals surface area contributed by atoms with Gasteiger partial charge in [-0.3, -0.25) is 4.79 Å². The van der Waals surface area contributed by atoms with Crippen LogP contribution in [0.5, 0.6) is 5.75 Å². The van der Waals surface area contributed by atoms with Crippen LogP contribution in [0.1, 0.15) is 21.7 Å². The lowest BCUT2D eigenvalue weighted by Crippen LogP contribution is -2.17. The molecule has 3 aromatic rings. The van der Waals surface area contributed by atoms with Crippen molar-refractivity contribution in [3.8, 4) is 17.1 Å². The summed E-state index contributed by atoms with van der Waals surface area (Å²) in [5.74, 6) is 1.56. The maximum atomic E-state index is 12.1. The smallest absolute Gasteiger partial charge is 0.271 e. The van der Waals surface area contributed by atoms with Gasteiger partial charge in [0.05, 0.1) is 13.3 Å². The van der Waals surface area contributed by atoms with E-state index in [0.717, 1.165) is 21.4 Å². The number of hydrogen-bond acceptors (Lipinski definition) is 4. The van der Waals surface area contributed by atoms with E-state index >= 15 is 0 Å². The molecule has 132 valence electrons. The molecule has 3 rings (SSSR count). The Kier molecular flexibility index (Phi) is 5.53. The maximum Gasteiger partial charge on any atom is 0.271 e. The fourth-order valence-corrected chi connectivity index (χ4v) is 2.69. The second-order valence-electron chi connectivity index (χ2n) is 5.60. The van der Waals surface area contributed by atoms with E-state index in [0.29, 0.717) is 17.1 Å². The molecule has 1 amide bonds. The number of halogens is 1. The summed E-state index contributed by atoms with van der Waals surface area (Å²) >= 11 is 3.52. The Morgan fingerprint density at radius 2 is 2.04 bits per heavy atom. The van der Waals surface area contributed by atoms with Gasteiger partial charge in [-0.25, -0.2) is 5.43 Å². The van der Waals surface area contributed by atoms with E-state index in [2.05, 4.69) is 26.5 Å². The molecule has 0 bridgehead atoms. The number of carbonyl (C=O) groups is 1. The Bertz CT molecular complexity index is 963. The summed E-state index contributed by atoms with van der Waals surface area (Å²) in [7, 11) is 1.55. The summed E-state index contributed by atoms with van der Waals surface area (Å²) in [6.07, 6.45) is 1.46. The van der Waals surface area contributed by atoms with E-state index in [1.807, 2.05) is 31.2 Å². The van der Waals surface area contributed by atoms with Crippen LogP contribution in [0.2, 0.25) is 0 Å². The van der Waals surface area contributed by atoms with Gasteiger partial charge < -0.3 is 9.15 Å². The van der Waals surface area contributed by atoms with Crippen LogP contribution >= 0.6 is 15.9 Å².